The highest BCUT2D eigenvalue weighted by Crippen LogP contribution is 2.36. The summed E-state index contributed by atoms with van der Waals surface area (Å²) in [6.45, 7) is 0. The normalized spacial score (nSPS) is 23.6. The van der Waals surface area contributed by atoms with E-state index < -0.39 is 22.4 Å². The van der Waals surface area contributed by atoms with E-state index in [1.165, 1.54) is 4.90 Å². The first-order valence-corrected chi connectivity index (χ1v) is 8.64. The summed E-state index contributed by atoms with van der Waals surface area (Å²) in [7, 11) is 0. The maximum absolute atomic E-state index is 12.8. The molecule has 10 heteroatoms. The zero-order valence-corrected chi connectivity index (χ0v) is 14.3. The predicted octanol–water partition coefficient (Wildman–Crippen LogP) is 3.49. The molecule has 1 heterocycles. The van der Waals surface area contributed by atoms with Gasteiger partial charge in [-0.25, -0.2) is 0 Å². The van der Waals surface area contributed by atoms with Crippen molar-refractivity contribution in [1.82, 2.24) is 4.90 Å². The van der Waals surface area contributed by atoms with E-state index in [1.807, 2.05) is 0 Å². The SMILES string of the molecule is O=C1CCC(=O)N1C1CCC(Nc2ccc(C(F)(F)F)cc2[N+](=O)[O-])CC1. The molecule has 2 amide bonds. The standard InChI is InChI=1S/C17H18F3N3O4/c18-17(19,20)10-1-6-13(14(9-10)23(26)27)21-11-2-4-12(5-3-11)22-15(24)7-8-16(22)25/h1,6,9,11-12,21H,2-5,7-8H2. The number of carbonyl (C=O) groups is 2. The van der Waals surface area contributed by atoms with Crippen LogP contribution in [-0.2, 0) is 15.8 Å². The molecule has 3 rings (SSSR count). The van der Waals surface area contributed by atoms with Crippen LogP contribution < -0.4 is 5.32 Å². The molecule has 0 unspecified atom stereocenters. The Balaban J connectivity index is 1.67. The Labute approximate surface area is 152 Å². The van der Waals surface area contributed by atoms with E-state index in [2.05, 4.69) is 5.32 Å². The molecule has 1 aliphatic carbocycles. The van der Waals surface area contributed by atoms with Gasteiger partial charge in [-0.3, -0.25) is 24.6 Å². The average molecular weight is 385 g/mol. The number of carbonyl (C=O) groups excluding carboxylic acids is 2. The molecule has 0 radical (unpaired) electrons. The second-order valence-electron chi connectivity index (χ2n) is 6.79. The molecule has 2 fully saturated rings. The molecule has 1 N–H and O–H groups in total. The summed E-state index contributed by atoms with van der Waals surface area (Å²) in [5.74, 6) is -0.343. The van der Waals surface area contributed by atoms with E-state index in [1.54, 1.807) is 0 Å². The van der Waals surface area contributed by atoms with Gasteiger partial charge in [-0.05, 0) is 37.8 Å². The van der Waals surface area contributed by atoms with Gasteiger partial charge < -0.3 is 5.32 Å². The third-order valence-corrected chi connectivity index (χ3v) is 5.03. The number of anilines is 1. The number of hydrogen-bond acceptors (Lipinski definition) is 5. The second-order valence-corrected chi connectivity index (χ2v) is 6.79. The number of nitro groups is 1. The number of rotatable bonds is 4. The van der Waals surface area contributed by atoms with Crippen molar-refractivity contribution >= 4 is 23.2 Å². The maximum Gasteiger partial charge on any atom is 0.416 e. The van der Waals surface area contributed by atoms with Gasteiger partial charge in [-0.15, -0.1) is 0 Å². The van der Waals surface area contributed by atoms with Crippen molar-refractivity contribution in [3.8, 4) is 0 Å². The van der Waals surface area contributed by atoms with E-state index in [4.69, 9.17) is 0 Å². The summed E-state index contributed by atoms with van der Waals surface area (Å²) >= 11 is 0. The van der Waals surface area contributed by atoms with E-state index in [9.17, 15) is 32.9 Å². The molecular formula is C17H18F3N3O4. The van der Waals surface area contributed by atoms with Crippen molar-refractivity contribution in [2.75, 3.05) is 5.32 Å². The molecule has 146 valence electrons. The molecule has 1 saturated carbocycles. The average Bonchev–Trinajstić information content (AvgIpc) is 2.93. The van der Waals surface area contributed by atoms with Crippen molar-refractivity contribution in [3.05, 3.63) is 33.9 Å². The van der Waals surface area contributed by atoms with Crippen molar-refractivity contribution in [2.45, 2.75) is 56.8 Å². The summed E-state index contributed by atoms with van der Waals surface area (Å²) in [6.07, 6.45) is -1.97. The summed E-state index contributed by atoms with van der Waals surface area (Å²) in [5, 5.41) is 14.1. The van der Waals surface area contributed by atoms with E-state index in [0.717, 1.165) is 12.1 Å². The van der Waals surface area contributed by atoms with Crippen LogP contribution in [0, 0.1) is 10.1 Å². The number of imide groups is 1. The first kappa shape index (κ1) is 19.1. The lowest BCUT2D eigenvalue weighted by atomic mass is 9.90. The van der Waals surface area contributed by atoms with E-state index in [-0.39, 0.29) is 42.4 Å². The summed E-state index contributed by atoms with van der Waals surface area (Å²) in [4.78, 5) is 35.3. The van der Waals surface area contributed by atoms with Gasteiger partial charge in [0.15, 0.2) is 0 Å². The van der Waals surface area contributed by atoms with Gasteiger partial charge in [0.1, 0.15) is 5.69 Å². The molecule has 27 heavy (non-hydrogen) atoms. The highest BCUT2D eigenvalue weighted by Gasteiger charge is 2.37. The Morgan fingerprint density at radius 2 is 1.67 bits per heavy atom. The fourth-order valence-corrected chi connectivity index (χ4v) is 3.68. The van der Waals surface area contributed by atoms with Gasteiger partial charge in [-0.2, -0.15) is 13.2 Å². The van der Waals surface area contributed by atoms with Crippen LogP contribution in [0.25, 0.3) is 0 Å². The molecule has 0 aromatic heterocycles. The monoisotopic (exact) mass is 385 g/mol. The highest BCUT2D eigenvalue weighted by molar-refractivity contribution is 6.02. The molecule has 1 aromatic carbocycles. The minimum Gasteiger partial charge on any atom is -0.377 e. The molecule has 1 saturated heterocycles. The number of nitrogens with one attached hydrogen (secondary N) is 1. The Morgan fingerprint density at radius 3 is 2.19 bits per heavy atom. The number of alkyl halides is 3. The minimum atomic E-state index is -4.66. The quantitative estimate of drug-likeness (QED) is 0.487. The zero-order valence-electron chi connectivity index (χ0n) is 14.3. The molecule has 1 aromatic rings. The minimum absolute atomic E-state index is 0.0322. The van der Waals surface area contributed by atoms with Crippen LogP contribution in [0.4, 0.5) is 24.5 Å². The number of halogens is 3. The van der Waals surface area contributed by atoms with Crippen LogP contribution in [-0.4, -0.2) is 33.7 Å². The molecular weight excluding hydrogens is 367 g/mol. The van der Waals surface area contributed by atoms with Crippen LogP contribution in [0.2, 0.25) is 0 Å². The lowest BCUT2D eigenvalue weighted by Gasteiger charge is -2.34. The van der Waals surface area contributed by atoms with E-state index in [0.29, 0.717) is 31.7 Å². The van der Waals surface area contributed by atoms with Crippen LogP contribution in [0.1, 0.15) is 44.1 Å². The second kappa shape index (κ2) is 7.16. The van der Waals surface area contributed by atoms with E-state index >= 15 is 0 Å². The van der Waals surface area contributed by atoms with Crippen molar-refractivity contribution in [2.24, 2.45) is 0 Å². The molecule has 0 atom stereocenters. The molecule has 0 bridgehead atoms. The van der Waals surface area contributed by atoms with Gasteiger partial charge in [0, 0.05) is 31.0 Å². The lowest BCUT2D eigenvalue weighted by Crippen LogP contribution is -2.43. The van der Waals surface area contributed by atoms with Gasteiger partial charge in [0.25, 0.3) is 5.69 Å². The largest absolute Gasteiger partial charge is 0.416 e. The first-order valence-electron chi connectivity index (χ1n) is 8.64. The molecule has 1 aliphatic heterocycles. The first-order chi connectivity index (χ1) is 12.7. The van der Waals surface area contributed by atoms with Gasteiger partial charge in [0.2, 0.25) is 11.8 Å². The van der Waals surface area contributed by atoms with Gasteiger partial charge >= 0.3 is 6.18 Å². The number of nitro benzene ring substituents is 1. The zero-order chi connectivity index (χ0) is 19.8. The number of likely N-dealkylation sites (tertiary alicyclic amines) is 1. The maximum atomic E-state index is 12.8. The highest BCUT2D eigenvalue weighted by atomic mass is 19.4. The van der Waals surface area contributed by atoms with Crippen LogP contribution in [0.3, 0.4) is 0 Å². The fourth-order valence-electron chi connectivity index (χ4n) is 3.68. The van der Waals surface area contributed by atoms with Gasteiger partial charge in [0.05, 0.1) is 10.5 Å². The third kappa shape index (κ3) is 4.04. The fraction of sp³-hybridized carbons (Fsp3) is 0.529. The van der Waals surface area contributed by atoms with Gasteiger partial charge in [-0.1, -0.05) is 0 Å². The van der Waals surface area contributed by atoms with Crippen LogP contribution in [0.15, 0.2) is 18.2 Å². The Bertz CT molecular complexity index is 757. The smallest absolute Gasteiger partial charge is 0.377 e. The summed E-state index contributed by atoms with van der Waals surface area (Å²) in [5.41, 5.74) is -1.67. The Morgan fingerprint density at radius 1 is 1.07 bits per heavy atom. The summed E-state index contributed by atoms with van der Waals surface area (Å²) < 4.78 is 38.3. The van der Waals surface area contributed by atoms with Crippen LogP contribution >= 0.6 is 0 Å². The predicted molar refractivity (Wildman–Crippen MR) is 88.9 cm³/mol. The van der Waals surface area contributed by atoms with Crippen molar-refractivity contribution in [1.29, 1.82) is 0 Å². The Kier molecular flexibility index (Phi) is 5.07. The number of amides is 2. The molecule has 2 aliphatic rings. The topological polar surface area (TPSA) is 92.6 Å². The number of hydrogen-bond donors (Lipinski definition) is 1. The Hall–Kier alpha value is -2.65. The number of benzene rings is 1. The lowest BCUT2D eigenvalue weighted by molar-refractivity contribution is -0.384. The van der Waals surface area contributed by atoms with Crippen molar-refractivity contribution < 1.29 is 27.7 Å². The molecule has 7 nitrogen and oxygen atoms in total. The molecule has 0 spiro atoms. The third-order valence-electron chi connectivity index (χ3n) is 5.03. The number of nitrogens with zero attached hydrogens (tertiary/aromatic N) is 2. The summed E-state index contributed by atoms with van der Waals surface area (Å²) in [6, 6.07) is 2.05. The van der Waals surface area contributed by atoms with Crippen LogP contribution in [0.5, 0.6) is 0 Å². The van der Waals surface area contributed by atoms with Crippen molar-refractivity contribution in [3.63, 3.8) is 0 Å².